The van der Waals surface area contributed by atoms with Gasteiger partial charge in [0.25, 0.3) is 0 Å². The quantitative estimate of drug-likeness (QED) is 0.311. The van der Waals surface area contributed by atoms with Gasteiger partial charge >= 0.3 is 0 Å². The van der Waals surface area contributed by atoms with Gasteiger partial charge in [0.1, 0.15) is 0 Å². The average Bonchev–Trinajstić information content (AvgIpc) is 2.96. The van der Waals surface area contributed by atoms with Crippen LogP contribution in [0.25, 0.3) is 0 Å². The van der Waals surface area contributed by atoms with Crippen molar-refractivity contribution < 1.29 is 21.6 Å². The summed E-state index contributed by atoms with van der Waals surface area (Å²) in [7, 11) is -7.95. The molecule has 0 aromatic heterocycles. The van der Waals surface area contributed by atoms with Crippen LogP contribution in [0.5, 0.6) is 0 Å². The summed E-state index contributed by atoms with van der Waals surface area (Å²) in [5, 5.41) is 3.27. The lowest BCUT2D eigenvalue weighted by molar-refractivity contribution is -0.116. The van der Waals surface area contributed by atoms with Crippen LogP contribution in [0.15, 0.2) is 88.7 Å². The van der Waals surface area contributed by atoms with E-state index in [4.69, 9.17) is 11.6 Å². The number of amides is 1. The third-order valence-electron chi connectivity index (χ3n) is 7.03. The number of carbonyl (C=O) groups is 1. The predicted octanol–water partition coefficient (Wildman–Crippen LogP) is 5.51. The van der Waals surface area contributed by atoms with Crippen molar-refractivity contribution in [2.24, 2.45) is 0 Å². The van der Waals surface area contributed by atoms with E-state index in [9.17, 15) is 21.6 Å². The Bertz CT molecular complexity index is 1490. The highest BCUT2D eigenvalue weighted by Gasteiger charge is 2.34. The van der Waals surface area contributed by atoms with Gasteiger partial charge in [-0.25, -0.2) is 16.8 Å². The lowest BCUT2D eigenvalue weighted by Gasteiger charge is -2.33. The number of anilines is 1. The number of halogens is 1. The highest BCUT2D eigenvalue weighted by molar-refractivity contribution is 7.89. The molecule has 0 unspecified atom stereocenters. The van der Waals surface area contributed by atoms with Gasteiger partial charge in [-0.15, -0.1) is 0 Å². The molecule has 1 aliphatic carbocycles. The van der Waals surface area contributed by atoms with E-state index < -0.39 is 26.0 Å². The van der Waals surface area contributed by atoms with Gasteiger partial charge in [-0.05, 0) is 66.9 Å². The maximum atomic E-state index is 13.8. The van der Waals surface area contributed by atoms with Gasteiger partial charge < -0.3 is 5.32 Å². The summed E-state index contributed by atoms with van der Waals surface area (Å²) in [6.45, 7) is 1.88. The van der Waals surface area contributed by atoms with Crippen molar-refractivity contribution in [3.05, 3.63) is 89.4 Å². The zero-order valence-electron chi connectivity index (χ0n) is 22.4. The summed E-state index contributed by atoms with van der Waals surface area (Å²) >= 11 is 5.92. The summed E-state index contributed by atoms with van der Waals surface area (Å²) in [4.78, 5) is 12.9. The van der Waals surface area contributed by atoms with E-state index in [2.05, 4.69) is 5.32 Å². The molecule has 0 saturated heterocycles. The van der Waals surface area contributed by atoms with Crippen LogP contribution in [0.3, 0.4) is 0 Å². The van der Waals surface area contributed by atoms with Gasteiger partial charge in [-0.3, -0.25) is 4.79 Å². The highest BCUT2D eigenvalue weighted by atomic mass is 35.5. The Morgan fingerprint density at radius 3 is 1.98 bits per heavy atom. The molecule has 1 fully saturated rings. The number of carbonyl (C=O) groups excluding carboxylic acids is 1. The summed E-state index contributed by atoms with van der Waals surface area (Å²) in [6.07, 6.45) is 4.09. The van der Waals surface area contributed by atoms with Crippen LogP contribution in [0.1, 0.15) is 44.6 Å². The second-order valence-corrected chi connectivity index (χ2v) is 14.1. The van der Waals surface area contributed by atoms with Crippen molar-refractivity contribution in [2.75, 3.05) is 18.4 Å². The minimum absolute atomic E-state index is 0.00827. The summed E-state index contributed by atoms with van der Waals surface area (Å²) < 4.78 is 57.0. The number of nitrogens with zero attached hydrogens (tertiary/aromatic N) is 2. The minimum atomic E-state index is -4.09. The molecule has 0 radical (unpaired) electrons. The van der Waals surface area contributed by atoms with E-state index in [-0.39, 0.29) is 35.5 Å². The standard InChI is InChI=1S/C29H34ClN3O5S2/c1-2-32(21-23-9-5-3-6-10-23)39(35,36)27-17-19-28(20-18-27)40(37,38)33(26-11-7-4-8-12-26)22-29(34)31-25-15-13-24(30)14-16-25/h3,5-6,9-10,13-20,26H,2,4,7-8,11-12,21-22H2,1H3,(H,31,34). The first-order valence-corrected chi connectivity index (χ1v) is 16.6. The monoisotopic (exact) mass is 603 g/mol. The Labute approximate surface area is 242 Å². The smallest absolute Gasteiger partial charge is 0.243 e. The molecule has 3 aromatic rings. The van der Waals surface area contributed by atoms with Crippen molar-refractivity contribution in [1.82, 2.24) is 8.61 Å². The molecule has 4 rings (SSSR count). The fourth-order valence-corrected chi connectivity index (χ4v) is 8.08. The minimum Gasteiger partial charge on any atom is -0.325 e. The van der Waals surface area contributed by atoms with Crippen molar-refractivity contribution in [1.29, 1.82) is 0 Å². The van der Waals surface area contributed by atoms with Crippen molar-refractivity contribution in [2.45, 2.75) is 61.4 Å². The van der Waals surface area contributed by atoms with Gasteiger partial charge in [0.05, 0.1) is 16.3 Å². The lowest BCUT2D eigenvalue weighted by Crippen LogP contribution is -2.45. The van der Waals surface area contributed by atoms with Crippen LogP contribution >= 0.6 is 11.6 Å². The molecule has 3 aromatic carbocycles. The molecule has 8 nitrogen and oxygen atoms in total. The first-order valence-electron chi connectivity index (χ1n) is 13.3. The number of hydrogen-bond donors (Lipinski definition) is 1. The van der Waals surface area contributed by atoms with E-state index in [1.807, 2.05) is 30.3 Å². The Hall–Kier alpha value is -2.76. The Balaban J connectivity index is 1.56. The van der Waals surface area contributed by atoms with Crippen molar-refractivity contribution in [3.8, 4) is 0 Å². The molecule has 1 saturated carbocycles. The van der Waals surface area contributed by atoms with E-state index in [1.165, 1.54) is 32.9 Å². The second-order valence-electron chi connectivity index (χ2n) is 9.79. The molecule has 0 atom stereocenters. The van der Waals surface area contributed by atoms with Gasteiger partial charge in [-0.2, -0.15) is 8.61 Å². The van der Waals surface area contributed by atoms with Crippen molar-refractivity contribution in [3.63, 3.8) is 0 Å². The largest absolute Gasteiger partial charge is 0.325 e. The van der Waals surface area contributed by atoms with Crippen LogP contribution in [0.4, 0.5) is 5.69 Å². The molecule has 11 heteroatoms. The molecule has 0 spiro atoms. The number of rotatable bonds is 11. The lowest BCUT2D eigenvalue weighted by atomic mass is 9.95. The zero-order chi connectivity index (χ0) is 28.8. The molecular weight excluding hydrogens is 570 g/mol. The van der Waals surface area contributed by atoms with Crippen LogP contribution in [0, 0.1) is 0 Å². The fraction of sp³-hybridized carbons (Fsp3) is 0.345. The third-order valence-corrected chi connectivity index (χ3v) is 11.1. The average molecular weight is 604 g/mol. The number of benzene rings is 3. The van der Waals surface area contributed by atoms with E-state index in [1.54, 1.807) is 31.2 Å². The molecule has 1 amide bonds. The highest BCUT2D eigenvalue weighted by Crippen LogP contribution is 2.29. The van der Waals surface area contributed by atoms with Gasteiger partial charge in [0.15, 0.2) is 0 Å². The van der Waals surface area contributed by atoms with Crippen LogP contribution < -0.4 is 5.32 Å². The SMILES string of the molecule is CCN(Cc1ccccc1)S(=O)(=O)c1ccc(S(=O)(=O)N(CC(=O)Nc2ccc(Cl)cc2)C2CCCCC2)cc1. The molecule has 1 aliphatic rings. The Kier molecular flexibility index (Phi) is 10.0. The fourth-order valence-electron chi connectivity index (χ4n) is 4.88. The normalized spacial score (nSPS) is 14.9. The topological polar surface area (TPSA) is 104 Å². The van der Waals surface area contributed by atoms with Gasteiger partial charge in [0, 0.05) is 29.8 Å². The predicted molar refractivity (Wildman–Crippen MR) is 157 cm³/mol. The molecular formula is C29H34ClN3O5S2. The van der Waals surface area contributed by atoms with E-state index in [0.29, 0.717) is 23.6 Å². The molecule has 214 valence electrons. The zero-order valence-corrected chi connectivity index (χ0v) is 24.8. The molecule has 0 bridgehead atoms. The number of hydrogen-bond acceptors (Lipinski definition) is 5. The van der Waals surface area contributed by atoms with Crippen molar-refractivity contribution >= 4 is 43.2 Å². The summed E-state index contributed by atoms with van der Waals surface area (Å²) in [6, 6.07) is 20.8. The first kappa shape index (κ1) is 30.2. The van der Waals surface area contributed by atoms with Crippen LogP contribution in [-0.2, 0) is 31.4 Å². The maximum Gasteiger partial charge on any atom is 0.243 e. The van der Waals surface area contributed by atoms with Gasteiger partial charge in [0.2, 0.25) is 26.0 Å². The second kappa shape index (κ2) is 13.3. The molecule has 40 heavy (non-hydrogen) atoms. The Morgan fingerprint density at radius 2 is 1.40 bits per heavy atom. The third kappa shape index (κ3) is 7.30. The first-order chi connectivity index (χ1) is 19.1. The molecule has 1 N–H and O–H groups in total. The van der Waals surface area contributed by atoms with Crippen LogP contribution in [-0.4, -0.2) is 50.5 Å². The molecule has 0 aliphatic heterocycles. The van der Waals surface area contributed by atoms with E-state index >= 15 is 0 Å². The number of sulfonamides is 2. The summed E-state index contributed by atoms with van der Waals surface area (Å²) in [5.74, 6) is -0.463. The number of nitrogens with one attached hydrogen (secondary N) is 1. The van der Waals surface area contributed by atoms with E-state index in [0.717, 1.165) is 24.8 Å². The van der Waals surface area contributed by atoms with Crippen LogP contribution in [0.2, 0.25) is 5.02 Å². The van der Waals surface area contributed by atoms with Gasteiger partial charge in [-0.1, -0.05) is 68.1 Å². The maximum absolute atomic E-state index is 13.8. The Morgan fingerprint density at radius 1 is 0.825 bits per heavy atom. The summed E-state index contributed by atoms with van der Waals surface area (Å²) in [5.41, 5.74) is 1.37. The molecule has 0 heterocycles.